The van der Waals surface area contributed by atoms with Gasteiger partial charge in [0, 0.05) is 16.2 Å². The Labute approximate surface area is 193 Å². The second-order valence-electron chi connectivity index (χ2n) is 6.22. The molecular formula is C21H24N4O7S. The SMILES string of the molecule is CCC(=O)Nc1ccc(S(=O)c2cccc(OC)c2)cc1N=C(NC(=O)OC)NC(=O)OC. The lowest BCUT2D eigenvalue weighted by molar-refractivity contribution is -0.115. The van der Waals surface area contributed by atoms with Crippen molar-refractivity contribution in [3.8, 4) is 5.75 Å². The highest BCUT2D eigenvalue weighted by Crippen LogP contribution is 2.30. The molecular weight excluding hydrogens is 452 g/mol. The quantitative estimate of drug-likeness (QED) is 0.429. The van der Waals surface area contributed by atoms with Gasteiger partial charge in [-0.3, -0.25) is 15.4 Å². The van der Waals surface area contributed by atoms with Crippen LogP contribution in [0.15, 0.2) is 57.2 Å². The Hall–Kier alpha value is -3.93. The van der Waals surface area contributed by atoms with Crippen LogP contribution in [0.4, 0.5) is 21.0 Å². The van der Waals surface area contributed by atoms with E-state index >= 15 is 0 Å². The fourth-order valence-corrected chi connectivity index (χ4v) is 3.53. The molecule has 0 heterocycles. The van der Waals surface area contributed by atoms with E-state index in [0.717, 1.165) is 14.2 Å². The first kappa shape index (κ1) is 25.3. The second-order valence-corrected chi connectivity index (χ2v) is 7.70. The lowest BCUT2D eigenvalue weighted by atomic mass is 10.2. The van der Waals surface area contributed by atoms with E-state index < -0.39 is 23.0 Å². The number of hydrogen-bond donors (Lipinski definition) is 3. The van der Waals surface area contributed by atoms with Crippen LogP contribution in [0.2, 0.25) is 0 Å². The fourth-order valence-electron chi connectivity index (χ4n) is 2.42. The first-order chi connectivity index (χ1) is 15.8. The van der Waals surface area contributed by atoms with Gasteiger partial charge in [0.25, 0.3) is 0 Å². The van der Waals surface area contributed by atoms with Gasteiger partial charge in [-0.05, 0) is 36.4 Å². The van der Waals surface area contributed by atoms with Crippen LogP contribution in [0.5, 0.6) is 5.75 Å². The summed E-state index contributed by atoms with van der Waals surface area (Å²) in [6.45, 7) is 1.67. The Bertz CT molecular complexity index is 1070. The molecule has 0 spiro atoms. The molecule has 2 aromatic rings. The summed E-state index contributed by atoms with van der Waals surface area (Å²) in [6.07, 6.45) is -1.60. The number of nitrogens with one attached hydrogen (secondary N) is 3. The number of ether oxygens (including phenoxy) is 3. The standard InChI is InChI=1S/C21H24N4O7S/c1-5-18(26)22-16-10-9-15(33(29)14-8-6-7-13(11-14)30-2)12-17(16)23-19(24-20(27)31-3)25-21(28)32-4/h6-12H,5H2,1-4H3,(H,22,26)(H2,23,24,25,27,28). The molecule has 33 heavy (non-hydrogen) atoms. The fraction of sp³-hybridized carbons (Fsp3) is 0.238. The van der Waals surface area contributed by atoms with E-state index in [1.54, 1.807) is 37.3 Å². The number of benzene rings is 2. The van der Waals surface area contributed by atoms with Crippen LogP contribution >= 0.6 is 0 Å². The molecule has 1 atom stereocenters. The molecule has 12 heteroatoms. The first-order valence-electron chi connectivity index (χ1n) is 9.59. The summed E-state index contributed by atoms with van der Waals surface area (Å²) in [6, 6.07) is 11.3. The molecule has 0 bridgehead atoms. The molecule has 3 amide bonds. The van der Waals surface area contributed by atoms with Crippen molar-refractivity contribution >= 4 is 46.2 Å². The summed E-state index contributed by atoms with van der Waals surface area (Å²) in [5.74, 6) is -0.0840. The van der Waals surface area contributed by atoms with Crippen molar-refractivity contribution in [1.82, 2.24) is 10.6 Å². The Morgan fingerprint density at radius 1 is 0.939 bits per heavy atom. The molecule has 0 aromatic heterocycles. The third-order valence-electron chi connectivity index (χ3n) is 4.08. The molecule has 0 saturated heterocycles. The van der Waals surface area contributed by atoms with Crippen LogP contribution in [-0.4, -0.2) is 49.6 Å². The van der Waals surface area contributed by atoms with Gasteiger partial charge in [-0.1, -0.05) is 13.0 Å². The average Bonchev–Trinajstić information content (AvgIpc) is 2.84. The van der Waals surface area contributed by atoms with Crippen LogP contribution in [0.25, 0.3) is 0 Å². The number of aliphatic imine (C=N–C) groups is 1. The monoisotopic (exact) mass is 476 g/mol. The van der Waals surface area contributed by atoms with Crippen molar-refractivity contribution in [2.24, 2.45) is 4.99 Å². The van der Waals surface area contributed by atoms with Crippen molar-refractivity contribution in [2.75, 3.05) is 26.6 Å². The Kier molecular flexibility index (Phi) is 9.36. The smallest absolute Gasteiger partial charge is 0.413 e. The van der Waals surface area contributed by atoms with Gasteiger partial charge in [0.15, 0.2) is 0 Å². The first-order valence-corrected chi connectivity index (χ1v) is 10.7. The highest BCUT2D eigenvalue weighted by Gasteiger charge is 2.16. The van der Waals surface area contributed by atoms with Crippen molar-refractivity contribution in [1.29, 1.82) is 0 Å². The molecule has 2 rings (SSSR count). The molecule has 0 fully saturated rings. The summed E-state index contributed by atoms with van der Waals surface area (Å²) < 4.78 is 27.4. The largest absolute Gasteiger partial charge is 0.497 e. The van der Waals surface area contributed by atoms with Crippen molar-refractivity contribution < 1.29 is 32.8 Å². The van der Waals surface area contributed by atoms with E-state index in [-0.39, 0.29) is 29.7 Å². The van der Waals surface area contributed by atoms with Crippen LogP contribution < -0.4 is 20.7 Å². The van der Waals surface area contributed by atoms with Crippen molar-refractivity contribution in [3.63, 3.8) is 0 Å². The number of hydrogen-bond acceptors (Lipinski definition) is 8. The van der Waals surface area contributed by atoms with Crippen LogP contribution in [-0.2, 0) is 25.1 Å². The Morgan fingerprint density at radius 3 is 2.15 bits per heavy atom. The highest BCUT2D eigenvalue weighted by atomic mass is 32.2. The molecule has 11 nitrogen and oxygen atoms in total. The van der Waals surface area contributed by atoms with Crippen LogP contribution in [0.3, 0.4) is 0 Å². The molecule has 3 N–H and O–H groups in total. The number of amides is 3. The minimum atomic E-state index is -1.62. The van der Waals surface area contributed by atoms with E-state index in [1.807, 2.05) is 0 Å². The molecule has 0 aliphatic carbocycles. The third-order valence-corrected chi connectivity index (χ3v) is 5.44. The lowest BCUT2D eigenvalue weighted by Crippen LogP contribution is -2.43. The van der Waals surface area contributed by atoms with Crippen molar-refractivity contribution in [2.45, 2.75) is 23.1 Å². The molecule has 0 aliphatic rings. The molecule has 0 saturated carbocycles. The van der Waals surface area contributed by atoms with Gasteiger partial charge in [0.2, 0.25) is 11.9 Å². The lowest BCUT2D eigenvalue weighted by Gasteiger charge is -2.13. The van der Waals surface area contributed by atoms with Crippen LogP contribution in [0.1, 0.15) is 13.3 Å². The van der Waals surface area contributed by atoms with Gasteiger partial charge < -0.3 is 19.5 Å². The topological polar surface area (TPSA) is 144 Å². The minimum Gasteiger partial charge on any atom is -0.497 e. The van der Waals surface area contributed by atoms with E-state index in [9.17, 15) is 18.6 Å². The van der Waals surface area contributed by atoms with E-state index in [1.165, 1.54) is 19.2 Å². The highest BCUT2D eigenvalue weighted by molar-refractivity contribution is 7.85. The predicted octanol–water partition coefficient (Wildman–Crippen LogP) is 2.91. The van der Waals surface area contributed by atoms with Gasteiger partial charge in [-0.15, -0.1) is 0 Å². The number of nitrogens with zero attached hydrogens (tertiary/aromatic N) is 1. The molecule has 176 valence electrons. The van der Waals surface area contributed by atoms with Crippen LogP contribution in [0, 0.1) is 0 Å². The zero-order valence-electron chi connectivity index (χ0n) is 18.5. The second kappa shape index (κ2) is 12.2. The average molecular weight is 477 g/mol. The summed E-state index contributed by atoms with van der Waals surface area (Å²) in [7, 11) is 2.16. The maximum absolute atomic E-state index is 13.1. The number of rotatable bonds is 6. The number of methoxy groups -OCH3 is 3. The molecule has 0 radical (unpaired) electrons. The maximum Gasteiger partial charge on any atom is 0.413 e. The Balaban J connectivity index is 2.55. The van der Waals surface area contributed by atoms with E-state index in [0.29, 0.717) is 15.5 Å². The Morgan fingerprint density at radius 2 is 1.58 bits per heavy atom. The summed E-state index contributed by atoms with van der Waals surface area (Å²) in [4.78, 5) is 40.4. The van der Waals surface area contributed by atoms with Gasteiger partial charge >= 0.3 is 12.2 Å². The number of guanidine groups is 1. The van der Waals surface area contributed by atoms with Gasteiger partial charge in [0.1, 0.15) is 5.75 Å². The van der Waals surface area contributed by atoms with E-state index in [2.05, 4.69) is 30.4 Å². The van der Waals surface area contributed by atoms with Gasteiger partial charge in [-0.25, -0.2) is 18.8 Å². The number of alkyl carbamates (subject to hydrolysis) is 2. The number of carbonyl (C=O) groups is 3. The molecule has 0 aliphatic heterocycles. The van der Waals surface area contributed by atoms with Crippen molar-refractivity contribution in [3.05, 3.63) is 42.5 Å². The normalized spacial score (nSPS) is 10.9. The molecule has 1 unspecified atom stereocenters. The third kappa shape index (κ3) is 7.31. The van der Waals surface area contributed by atoms with E-state index in [4.69, 9.17) is 4.74 Å². The number of anilines is 1. The summed E-state index contributed by atoms with van der Waals surface area (Å²) >= 11 is 0. The zero-order valence-corrected chi connectivity index (χ0v) is 19.3. The van der Waals surface area contributed by atoms with Gasteiger partial charge in [-0.2, -0.15) is 0 Å². The number of carbonyl (C=O) groups excluding carboxylic acids is 3. The zero-order chi connectivity index (χ0) is 24.4. The maximum atomic E-state index is 13.1. The summed E-state index contributed by atoms with van der Waals surface area (Å²) in [5, 5.41) is 7.16. The molecule has 2 aromatic carbocycles. The predicted molar refractivity (Wildman–Crippen MR) is 121 cm³/mol. The minimum absolute atomic E-state index is 0.119. The summed E-state index contributed by atoms with van der Waals surface area (Å²) in [5.41, 5.74) is 0.387. The van der Waals surface area contributed by atoms with Gasteiger partial charge in [0.05, 0.1) is 43.5 Å².